The van der Waals surface area contributed by atoms with Gasteiger partial charge in [0.15, 0.2) is 0 Å². The van der Waals surface area contributed by atoms with Crippen LogP contribution in [0.3, 0.4) is 0 Å². The molecule has 0 rings (SSSR count). The van der Waals surface area contributed by atoms with E-state index in [0.29, 0.717) is 6.42 Å². The summed E-state index contributed by atoms with van der Waals surface area (Å²) in [7, 11) is 0. The first-order valence-corrected chi connectivity index (χ1v) is 4.80. The lowest BCUT2D eigenvalue weighted by atomic mass is 10.2. The van der Waals surface area contributed by atoms with E-state index >= 15 is 0 Å². The summed E-state index contributed by atoms with van der Waals surface area (Å²) in [5.41, 5.74) is 0. The van der Waals surface area contributed by atoms with E-state index in [4.69, 9.17) is 9.84 Å². The minimum atomic E-state index is -1.05. The summed E-state index contributed by atoms with van der Waals surface area (Å²) >= 11 is 0. The van der Waals surface area contributed by atoms with Crippen LogP contribution in [0.2, 0.25) is 0 Å². The fourth-order valence-corrected chi connectivity index (χ4v) is 0.970. The van der Waals surface area contributed by atoms with Gasteiger partial charge in [0.05, 0.1) is 12.8 Å². The standard InChI is InChI=1S/C9H15NO5/c1-2-3-7(10-14)6-15-9(13)5-4-8(11)12/h7H,2-6H2,1H3,(H,11,12). The summed E-state index contributed by atoms with van der Waals surface area (Å²) < 4.78 is 4.70. The lowest BCUT2D eigenvalue weighted by Crippen LogP contribution is -2.17. The molecule has 1 atom stereocenters. The maximum absolute atomic E-state index is 10.9. The van der Waals surface area contributed by atoms with Crippen molar-refractivity contribution >= 4 is 11.9 Å². The number of hydrogen-bond acceptors (Lipinski definition) is 5. The number of nitroso groups, excluding NO2 is 1. The van der Waals surface area contributed by atoms with Crippen LogP contribution in [-0.4, -0.2) is 29.7 Å². The van der Waals surface area contributed by atoms with Gasteiger partial charge in [0.2, 0.25) is 0 Å². The number of carbonyl (C=O) groups excluding carboxylic acids is 1. The molecular weight excluding hydrogens is 202 g/mol. The minimum Gasteiger partial charge on any atom is -0.481 e. The topological polar surface area (TPSA) is 93.0 Å². The Labute approximate surface area is 87.6 Å². The molecule has 0 aliphatic rings. The van der Waals surface area contributed by atoms with Gasteiger partial charge >= 0.3 is 11.9 Å². The van der Waals surface area contributed by atoms with Gasteiger partial charge in [-0.1, -0.05) is 18.5 Å². The van der Waals surface area contributed by atoms with E-state index in [1.807, 2.05) is 6.92 Å². The van der Waals surface area contributed by atoms with Gasteiger partial charge in [-0.05, 0) is 6.42 Å². The van der Waals surface area contributed by atoms with Gasteiger partial charge in [0.1, 0.15) is 12.6 Å². The molecule has 0 heterocycles. The summed E-state index contributed by atoms with van der Waals surface area (Å²) in [5.74, 6) is -1.66. The molecule has 0 bridgehead atoms. The highest BCUT2D eigenvalue weighted by molar-refractivity contribution is 5.76. The molecule has 6 heteroatoms. The van der Waals surface area contributed by atoms with Gasteiger partial charge < -0.3 is 9.84 Å². The quantitative estimate of drug-likeness (QED) is 0.489. The Bertz CT molecular complexity index is 229. The van der Waals surface area contributed by atoms with Gasteiger partial charge in [-0.3, -0.25) is 9.59 Å². The third kappa shape index (κ3) is 7.60. The molecule has 0 aliphatic carbocycles. The molecule has 0 radical (unpaired) electrons. The molecule has 0 saturated heterocycles. The van der Waals surface area contributed by atoms with E-state index in [1.165, 1.54) is 0 Å². The number of esters is 1. The fraction of sp³-hybridized carbons (Fsp3) is 0.778. The van der Waals surface area contributed by atoms with Gasteiger partial charge in [0, 0.05) is 0 Å². The predicted octanol–water partition coefficient (Wildman–Crippen LogP) is 1.33. The largest absolute Gasteiger partial charge is 0.481 e. The average Bonchev–Trinajstić information content (AvgIpc) is 2.21. The Hall–Kier alpha value is -1.46. The second kappa shape index (κ2) is 7.90. The Morgan fingerprint density at radius 3 is 2.53 bits per heavy atom. The molecule has 86 valence electrons. The van der Waals surface area contributed by atoms with E-state index < -0.39 is 18.0 Å². The highest BCUT2D eigenvalue weighted by Crippen LogP contribution is 2.03. The smallest absolute Gasteiger partial charge is 0.306 e. The Kier molecular flexibility index (Phi) is 7.13. The summed E-state index contributed by atoms with van der Waals surface area (Å²) in [5, 5.41) is 11.1. The summed E-state index contributed by atoms with van der Waals surface area (Å²) in [6, 6.07) is -0.524. The zero-order chi connectivity index (χ0) is 11.7. The normalized spacial score (nSPS) is 11.8. The van der Waals surface area contributed by atoms with E-state index in [0.717, 1.165) is 6.42 Å². The third-order valence-corrected chi connectivity index (χ3v) is 1.75. The van der Waals surface area contributed by atoms with Crippen LogP contribution >= 0.6 is 0 Å². The lowest BCUT2D eigenvalue weighted by Gasteiger charge is -2.08. The van der Waals surface area contributed by atoms with Crippen LogP contribution in [0.1, 0.15) is 32.6 Å². The molecule has 0 aromatic rings. The third-order valence-electron chi connectivity index (χ3n) is 1.75. The monoisotopic (exact) mass is 217 g/mol. The number of ether oxygens (including phenoxy) is 1. The molecule has 0 aromatic carbocycles. The van der Waals surface area contributed by atoms with Crippen molar-refractivity contribution in [3.8, 4) is 0 Å². The number of aliphatic carboxylic acids is 1. The molecule has 0 spiro atoms. The van der Waals surface area contributed by atoms with Crippen molar-refractivity contribution in [3.63, 3.8) is 0 Å². The van der Waals surface area contributed by atoms with Crippen molar-refractivity contribution in [3.05, 3.63) is 4.91 Å². The van der Waals surface area contributed by atoms with Crippen LogP contribution in [0.25, 0.3) is 0 Å². The lowest BCUT2D eigenvalue weighted by molar-refractivity contribution is -0.148. The van der Waals surface area contributed by atoms with Crippen LogP contribution in [-0.2, 0) is 14.3 Å². The summed E-state index contributed by atoms with van der Waals surface area (Å²) in [6.45, 7) is 1.83. The fourth-order valence-electron chi connectivity index (χ4n) is 0.970. The van der Waals surface area contributed by atoms with Crippen molar-refractivity contribution < 1.29 is 19.4 Å². The highest BCUT2D eigenvalue weighted by Gasteiger charge is 2.12. The van der Waals surface area contributed by atoms with Gasteiger partial charge in [0.25, 0.3) is 0 Å². The second-order valence-corrected chi connectivity index (χ2v) is 3.12. The van der Waals surface area contributed by atoms with E-state index in [9.17, 15) is 14.5 Å². The zero-order valence-electron chi connectivity index (χ0n) is 8.64. The highest BCUT2D eigenvalue weighted by atomic mass is 16.5. The first-order chi connectivity index (χ1) is 7.10. The number of carboxylic acids is 1. The number of carboxylic acid groups (broad SMARTS) is 1. The molecule has 0 amide bonds. The van der Waals surface area contributed by atoms with Gasteiger partial charge in [-0.15, -0.1) is 0 Å². The maximum Gasteiger partial charge on any atom is 0.306 e. The minimum absolute atomic E-state index is 0.0597. The van der Waals surface area contributed by atoms with Crippen molar-refractivity contribution in [2.45, 2.75) is 38.6 Å². The molecule has 1 N–H and O–H groups in total. The molecule has 15 heavy (non-hydrogen) atoms. The second-order valence-electron chi connectivity index (χ2n) is 3.12. The van der Waals surface area contributed by atoms with Crippen LogP contribution in [0.5, 0.6) is 0 Å². The molecular formula is C9H15NO5. The van der Waals surface area contributed by atoms with Crippen molar-refractivity contribution in [1.29, 1.82) is 0 Å². The molecule has 0 aliphatic heterocycles. The number of carbonyl (C=O) groups is 2. The summed E-state index contributed by atoms with van der Waals surface area (Å²) in [6.07, 6.45) is 0.914. The Morgan fingerprint density at radius 2 is 2.07 bits per heavy atom. The van der Waals surface area contributed by atoms with Crippen LogP contribution < -0.4 is 0 Å². The van der Waals surface area contributed by atoms with Crippen molar-refractivity contribution in [2.75, 3.05) is 6.61 Å². The van der Waals surface area contributed by atoms with Gasteiger partial charge in [-0.25, -0.2) is 0 Å². The zero-order valence-corrected chi connectivity index (χ0v) is 8.64. The van der Waals surface area contributed by atoms with E-state index in [1.54, 1.807) is 0 Å². The van der Waals surface area contributed by atoms with Crippen molar-refractivity contribution in [2.24, 2.45) is 5.18 Å². The number of nitrogens with zero attached hydrogens (tertiary/aromatic N) is 1. The molecule has 0 aromatic heterocycles. The molecule has 0 fully saturated rings. The Balaban J connectivity index is 3.68. The molecule has 0 saturated carbocycles. The first-order valence-electron chi connectivity index (χ1n) is 4.80. The maximum atomic E-state index is 10.9. The van der Waals surface area contributed by atoms with Crippen LogP contribution in [0, 0.1) is 4.91 Å². The Morgan fingerprint density at radius 1 is 1.40 bits per heavy atom. The molecule has 6 nitrogen and oxygen atoms in total. The molecule has 1 unspecified atom stereocenters. The number of rotatable bonds is 8. The summed E-state index contributed by atoms with van der Waals surface area (Å²) in [4.78, 5) is 31.3. The van der Waals surface area contributed by atoms with E-state index in [-0.39, 0.29) is 19.4 Å². The predicted molar refractivity (Wildman–Crippen MR) is 52.3 cm³/mol. The van der Waals surface area contributed by atoms with Crippen molar-refractivity contribution in [1.82, 2.24) is 0 Å². The van der Waals surface area contributed by atoms with Gasteiger partial charge in [-0.2, -0.15) is 4.91 Å². The van der Waals surface area contributed by atoms with Crippen LogP contribution in [0.4, 0.5) is 0 Å². The van der Waals surface area contributed by atoms with Crippen LogP contribution in [0.15, 0.2) is 5.18 Å². The number of hydrogen-bond donors (Lipinski definition) is 1. The van der Waals surface area contributed by atoms with E-state index in [2.05, 4.69) is 5.18 Å². The first kappa shape index (κ1) is 13.5. The average molecular weight is 217 g/mol. The SMILES string of the molecule is CCCC(COC(=O)CCC(=O)O)N=O.